The second-order valence-corrected chi connectivity index (χ2v) is 2.45. The molecule has 0 saturated heterocycles. The smallest absolute Gasteiger partial charge is 0.251 e. The van der Waals surface area contributed by atoms with Crippen LogP contribution in [0.5, 0.6) is 0 Å². The third-order valence-electron chi connectivity index (χ3n) is 1.50. The number of hydrogen-bond acceptors (Lipinski definition) is 2. The number of hydrogen-bond donors (Lipinski definition) is 1. The molecule has 0 aliphatic carbocycles. The van der Waals surface area contributed by atoms with Gasteiger partial charge in [-0.25, -0.2) is 0 Å². The lowest BCUT2D eigenvalue weighted by molar-refractivity contribution is 0.0954. The Bertz CT molecular complexity index is 313. The average molecular weight is 174 g/mol. The first-order chi connectivity index (χ1) is 6.34. The molecule has 1 amide bonds. The summed E-state index contributed by atoms with van der Waals surface area (Å²) in [6.45, 7) is 0.512. The van der Waals surface area contributed by atoms with Gasteiger partial charge in [0.15, 0.2) is 0 Å². The number of aromatic nitrogens is 1. The number of amides is 1. The lowest BCUT2D eigenvalue weighted by Crippen LogP contribution is -2.24. The van der Waals surface area contributed by atoms with Crippen molar-refractivity contribution in [3.63, 3.8) is 0 Å². The highest BCUT2D eigenvalue weighted by atomic mass is 16.1. The predicted molar refractivity (Wildman–Crippen MR) is 50.0 cm³/mol. The molecule has 1 aromatic rings. The Hall–Kier alpha value is -1.82. The standard InChI is InChI=1S/C10H10N2O/c1-2-3-6-12-10(13)9-4-7-11-8-5-9/h1,4-5,7-8H,3,6H2,(H,12,13). The van der Waals surface area contributed by atoms with Crippen molar-refractivity contribution in [2.45, 2.75) is 6.42 Å². The summed E-state index contributed by atoms with van der Waals surface area (Å²) in [5, 5.41) is 2.69. The van der Waals surface area contributed by atoms with Crippen LogP contribution in [0, 0.1) is 12.3 Å². The molecule has 0 saturated carbocycles. The molecule has 3 heteroatoms. The molecule has 0 atom stereocenters. The minimum Gasteiger partial charge on any atom is -0.351 e. The molecule has 66 valence electrons. The van der Waals surface area contributed by atoms with Crippen LogP contribution in [0.15, 0.2) is 24.5 Å². The number of nitrogens with zero attached hydrogens (tertiary/aromatic N) is 1. The Kier molecular flexibility index (Phi) is 3.52. The van der Waals surface area contributed by atoms with Gasteiger partial charge in [0.05, 0.1) is 0 Å². The third-order valence-corrected chi connectivity index (χ3v) is 1.50. The highest BCUT2D eigenvalue weighted by Crippen LogP contribution is 1.94. The van der Waals surface area contributed by atoms with Gasteiger partial charge in [-0.05, 0) is 12.1 Å². The molecule has 0 radical (unpaired) electrons. The SMILES string of the molecule is C#CCCNC(=O)c1ccncc1. The third kappa shape index (κ3) is 2.96. The summed E-state index contributed by atoms with van der Waals surface area (Å²) in [5.41, 5.74) is 0.604. The quantitative estimate of drug-likeness (QED) is 0.545. The summed E-state index contributed by atoms with van der Waals surface area (Å²) in [6.07, 6.45) is 8.75. The molecule has 0 aliphatic rings. The van der Waals surface area contributed by atoms with Crippen molar-refractivity contribution < 1.29 is 4.79 Å². The summed E-state index contributed by atoms with van der Waals surface area (Å²) >= 11 is 0. The molecule has 3 nitrogen and oxygen atoms in total. The second-order valence-electron chi connectivity index (χ2n) is 2.45. The van der Waals surface area contributed by atoms with Gasteiger partial charge in [-0.1, -0.05) is 0 Å². The topological polar surface area (TPSA) is 42.0 Å². The van der Waals surface area contributed by atoms with Crippen molar-refractivity contribution in [3.05, 3.63) is 30.1 Å². The number of nitrogens with one attached hydrogen (secondary N) is 1. The summed E-state index contributed by atoms with van der Waals surface area (Å²) < 4.78 is 0. The summed E-state index contributed by atoms with van der Waals surface area (Å²) in [5.74, 6) is 2.33. The molecule has 0 spiro atoms. The van der Waals surface area contributed by atoms with Gasteiger partial charge < -0.3 is 5.32 Å². The Balaban J connectivity index is 2.46. The van der Waals surface area contributed by atoms with Crippen molar-refractivity contribution in [2.24, 2.45) is 0 Å². The molecule has 1 aromatic heterocycles. The van der Waals surface area contributed by atoms with Crippen molar-refractivity contribution in [2.75, 3.05) is 6.54 Å². The van der Waals surface area contributed by atoms with Crippen molar-refractivity contribution in [1.82, 2.24) is 10.3 Å². The highest BCUT2D eigenvalue weighted by Gasteiger charge is 2.01. The van der Waals surface area contributed by atoms with E-state index in [1.165, 1.54) is 0 Å². The molecule has 0 fully saturated rings. The lowest BCUT2D eigenvalue weighted by atomic mass is 10.2. The predicted octanol–water partition coefficient (Wildman–Crippen LogP) is 0.835. The Morgan fingerprint density at radius 2 is 2.23 bits per heavy atom. The number of carbonyl (C=O) groups is 1. The first kappa shape index (κ1) is 9.27. The summed E-state index contributed by atoms with van der Waals surface area (Å²) in [6, 6.07) is 3.32. The van der Waals surface area contributed by atoms with Gasteiger partial charge >= 0.3 is 0 Å². The monoisotopic (exact) mass is 174 g/mol. The molecule has 0 unspecified atom stereocenters. The van der Waals surface area contributed by atoms with E-state index >= 15 is 0 Å². The van der Waals surface area contributed by atoms with Crippen LogP contribution in [0.25, 0.3) is 0 Å². The van der Waals surface area contributed by atoms with Gasteiger partial charge in [0.1, 0.15) is 0 Å². The Labute approximate surface area is 77.2 Å². The number of rotatable bonds is 3. The molecule has 1 heterocycles. The maximum absolute atomic E-state index is 11.3. The maximum atomic E-state index is 11.3. The van der Waals surface area contributed by atoms with Gasteiger partial charge in [0.25, 0.3) is 5.91 Å². The molecule has 0 aliphatic heterocycles. The summed E-state index contributed by atoms with van der Waals surface area (Å²) in [4.78, 5) is 15.1. The van der Waals surface area contributed by atoms with Crippen LogP contribution in [0.4, 0.5) is 0 Å². The van der Waals surface area contributed by atoms with Crippen LogP contribution in [-0.4, -0.2) is 17.4 Å². The molecular formula is C10H10N2O. The van der Waals surface area contributed by atoms with Crippen LogP contribution in [0.1, 0.15) is 16.8 Å². The van der Waals surface area contributed by atoms with Gasteiger partial charge in [0.2, 0.25) is 0 Å². The number of pyridine rings is 1. The zero-order valence-electron chi connectivity index (χ0n) is 7.16. The highest BCUT2D eigenvalue weighted by molar-refractivity contribution is 5.93. The van der Waals surface area contributed by atoms with E-state index in [2.05, 4.69) is 16.2 Å². The average Bonchev–Trinajstić information content (AvgIpc) is 2.19. The van der Waals surface area contributed by atoms with E-state index in [0.717, 1.165) is 0 Å². The molecule has 1 N–H and O–H groups in total. The maximum Gasteiger partial charge on any atom is 0.251 e. The molecule has 1 rings (SSSR count). The zero-order chi connectivity index (χ0) is 9.52. The van der Waals surface area contributed by atoms with Crippen molar-refractivity contribution in [1.29, 1.82) is 0 Å². The largest absolute Gasteiger partial charge is 0.351 e. The first-order valence-corrected chi connectivity index (χ1v) is 3.96. The fraction of sp³-hybridized carbons (Fsp3) is 0.200. The number of carbonyl (C=O) groups excluding carboxylic acids is 1. The molecule has 0 aromatic carbocycles. The first-order valence-electron chi connectivity index (χ1n) is 3.96. The molecule has 0 bridgehead atoms. The van der Waals surface area contributed by atoms with Crippen LogP contribution in [0.3, 0.4) is 0 Å². The van der Waals surface area contributed by atoms with E-state index in [1.54, 1.807) is 24.5 Å². The fourth-order valence-corrected chi connectivity index (χ4v) is 0.854. The zero-order valence-corrected chi connectivity index (χ0v) is 7.16. The van der Waals surface area contributed by atoms with Crippen molar-refractivity contribution >= 4 is 5.91 Å². The van der Waals surface area contributed by atoms with Gasteiger partial charge in [-0.2, -0.15) is 0 Å². The second kappa shape index (κ2) is 4.94. The van der Waals surface area contributed by atoms with Crippen LogP contribution < -0.4 is 5.32 Å². The van der Waals surface area contributed by atoms with Crippen LogP contribution in [0.2, 0.25) is 0 Å². The minimum absolute atomic E-state index is 0.113. The normalized spacial score (nSPS) is 8.85. The van der Waals surface area contributed by atoms with Gasteiger partial charge in [0, 0.05) is 30.9 Å². The van der Waals surface area contributed by atoms with Crippen LogP contribution >= 0.6 is 0 Å². The van der Waals surface area contributed by atoms with Gasteiger partial charge in [-0.15, -0.1) is 12.3 Å². The Morgan fingerprint density at radius 3 is 2.85 bits per heavy atom. The van der Waals surface area contributed by atoms with E-state index in [4.69, 9.17) is 6.42 Å². The van der Waals surface area contributed by atoms with E-state index in [9.17, 15) is 4.79 Å². The van der Waals surface area contributed by atoms with E-state index in [0.29, 0.717) is 18.5 Å². The Morgan fingerprint density at radius 1 is 1.54 bits per heavy atom. The summed E-state index contributed by atoms with van der Waals surface area (Å²) in [7, 11) is 0. The lowest BCUT2D eigenvalue weighted by Gasteiger charge is -2.01. The number of terminal acetylenes is 1. The van der Waals surface area contributed by atoms with Gasteiger partial charge in [-0.3, -0.25) is 9.78 Å². The van der Waals surface area contributed by atoms with Crippen molar-refractivity contribution in [3.8, 4) is 12.3 Å². The minimum atomic E-state index is -0.113. The van der Waals surface area contributed by atoms with Crippen LogP contribution in [-0.2, 0) is 0 Å². The van der Waals surface area contributed by atoms with E-state index in [1.807, 2.05) is 0 Å². The molecule has 13 heavy (non-hydrogen) atoms. The molecular weight excluding hydrogens is 164 g/mol. The fourth-order valence-electron chi connectivity index (χ4n) is 0.854. The van der Waals surface area contributed by atoms with E-state index in [-0.39, 0.29) is 5.91 Å². The van der Waals surface area contributed by atoms with E-state index < -0.39 is 0 Å².